The van der Waals surface area contributed by atoms with Crippen molar-refractivity contribution in [1.29, 1.82) is 0 Å². The molecule has 1 unspecified atom stereocenters. The van der Waals surface area contributed by atoms with Gasteiger partial charge in [0.2, 0.25) is 5.78 Å². The molecule has 0 fully saturated rings. The molecule has 1 aromatic heterocycles. The predicted octanol–water partition coefficient (Wildman–Crippen LogP) is 3.52. The van der Waals surface area contributed by atoms with Crippen molar-refractivity contribution in [3.63, 3.8) is 0 Å². The maximum absolute atomic E-state index is 12.8. The molecule has 134 valence electrons. The molecule has 1 atom stereocenters. The first-order valence-corrected chi connectivity index (χ1v) is 8.73. The van der Waals surface area contributed by atoms with E-state index >= 15 is 0 Å². The van der Waals surface area contributed by atoms with Crippen molar-refractivity contribution in [2.75, 3.05) is 0 Å². The van der Waals surface area contributed by atoms with Crippen LogP contribution in [-0.4, -0.2) is 27.2 Å². The molecule has 0 radical (unpaired) electrons. The van der Waals surface area contributed by atoms with E-state index in [1.54, 1.807) is 53.1 Å². The molecule has 4 rings (SSSR count). The van der Waals surface area contributed by atoms with E-state index < -0.39 is 11.9 Å². The van der Waals surface area contributed by atoms with E-state index in [0.29, 0.717) is 41.0 Å². The number of aliphatic carboxylic acids is 1. The van der Waals surface area contributed by atoms with E-state index in [-0.39, 0.29) is 11.6 Å². The summed E-state index contributed by atoms with van der Waals surface area (Å²) in [7, 11) is 0. The van der Waals surface area contributed by atoms with Crippen molar-refractivity contribution in [2.45, 2.75) is 18.9 Å². The average molecular weight is 359 g/mol. The molecule has 3 aromatic rings. The minimum Gasteiger partial charge on any atom is -0.481 e. The Bertz CT molecular complexity index is 1030. The summed E-state index contributed by atoms with van der Waals surface area (Å²) in [6.45, 7) is 0.519. The van der Waals surface area contributed by atoms with Crippen LogP contribution in [0, 0.1) is 0 Å². The monoisotopic (exact) mass is 359 g/mol. The molecule has 1 aliphatic rings. The number of carbonyl (C=O) groups is 3. The summed E-state index contributed by atoms with van der Waals surface area (Å²) < 4.78 is 1.78. The first kappa shape index (κ1) is 17.0. The van der Waals surface area contributed by atoms with Gasteiger partial charge >= 0.3 is 5.97 Å². The van der Waals surface area contributed by atoms with E-state index in [0.717, 1.165) is 0 Å². The molecule has 0 bridgehead atoms. The number of benzene rings is 2. The van der Waals surface area contributed by atoms with Crippen LogP contribution >= 0.6 is 0 Å². The Morgan fingerprint density at radius 2 is 1.37 bits per heavy atom. The summed E-state index contributed by atoms with van der Waals surface area (Å²) in [5.41, 5.74) is 2.74. The van der Waals surface area contributed by atoms with Crippen LogP contribution in [0.5, 0.6) is 0 Å². The van der Waals surface area contributed by atoms with Crippen LogP contribution in [0.3, 0.4) is 0 Å². The predicted molar refractivity (Wildman–Crippen MR) is 99.2 cm³/mol. The zero-order chi connectivity index (χ0) is 19.0. The summed E-state index contributed by atoms with van der Waals surface area (Å²) in [5, 5.41) is 9.27. The van der Waals surface area contributed by atoms with E-state index in [4.69, 9.17) is 0 Å². The Labute approximate surface area is 155 Å². The number of hydrogen-bond donors (Lipinski definition) is 1. The highest BCUT2D eigenvalue weighted by atomic mass is 16.4. The topological polar surface area (TPSA) is 76.4 Å². The van der Waals surface area contributed by atoms with E-state index in [1.165, 1.54) is 0 Å². The zero-order valence-electron chi connectivity index (χ0n) is 14.5. The number of hydrogen-bond acceptors (Lipinski definition) is 3. The van der Waals surface area contributed by atoms with Crippen molar-refractivity contribution in [3.8, 4) is 0 Å². The lowest BCUT2D eigenvalue weighted by atomic mass is 10.0. The van der Waals surface area contributed by atoms with Crippen molar-refractivity contribution >= 4 is 17.5 Å². The molecule has 5 nitrogen and oxygen atoms in total. The molecule has 0 amide bonds. The van der Waals surface area contributed by atoms with Gasteiger partial charge in [-0.05, 0) is 18.6 Å². The van der Waals surface area contributed by atoms with Gasteiger partial charge in [0.15, 0.2) is 5.78 Å². The van der Waals surface area contributed by atoms with Gasteiger partial charge in [-0.3, -0.25) is 14.4 Å². The minimum atomic E-state index is -0.866. The van der Waals surface area contributed by atoms with Crippen LogP contribution in [0.1, 0.15) is 50.0 Å². The van der Waals surface area contributed by atoms with Crippen LogP contribution in [0.15, 0.2) is 66.7 Å². The SMILES string of the molecule is O=C(c1ccccc1)c1ccc(C(=O)c2ccc3n2CCC3C(=O)O)cc1. The second-order valence-electron chi connectivity index (χ2n) is 6.58. The smallest absolute Gasteiger partial charge is 0.312 e. The Morgan fingerprint density at radius 3 is 2.00 bits per heavy atom. The van der Waals surface area contributed by atoms with Crippen molar-refractivity contribution in [1.82, 2.24) is 4.57 Å². The van der Waals surface area contributed by atoms with Gasteiger partial charge in [0.1, 0.15) is 0 Å². The number of fused-ring (bicyclic) bond motifs is 1. The largest absolute Gasteiger partial charge is 0.481 e. The third-order valence-electron chi connectivity index (χ3n) is 4.99. The summed E-state index contributed by atoms with van der Waals surface area (Å²) in [5.74, 6) is -1.69. The van der Waals surface area contributed by atoms with Crippen LogP contribution in [0.25, 0.3) is 0 Å². The Kier molecular flexibility index (Phi) is 4.20. The standard InChI is InChI=1S/C22H17NO4/c24-20(14-4-2-1-3-5-14)15-6-8-16(9-7-15)21(25)19-11-10-18-17(22(26)27)12-13-23(18)19/h1-11,17H,12-13H2,(H,26,27). The van der Waals surface area contributed by atoms with Gasteiger partial charge in [0.25, 0.3) is 0 Å². The lowest BCUT2D eigenvalue weighted by Crippen LogP contribution is -2.10. The Morgan fingerprint density at radius 1 is 0.778 bits per heavy atom. The summed E-state index contributed by atoms with van der Waals surface area (Å²) in [4.78, 5) is 36.6. The highest BCUT2D eigenvalue weighted by Crippen LogP contribution is 2.31. The number of carboxylic acid groups (broad SMARTS) is 1. The van der Waals surface area contributed by atoms with Crippen molar-refractivity contribution in [2.24, 2.45) is 0 Å². The molecule has 0 saturated carbocycles. The van der Waals surface area contributed by atoms with E-state index in [9.17, 15) is 19.5 Å². The molecule has 0 aliphatic carbocycles. The molecular weight excluding hydrogens is 342 g/mol. The number of rotatable bonds is 5. The Hall–Kier alpha value is -3.47. The molecule has 27 heavy (non-hydrogen) atoms. The number of ketones is 2. The second kappa shape index (κ2) is 6.68. The lowest BCUT2D eigenvalue weighted by Gasteiger charge is -2.07. The van der Waals surface area contributed by atoms with E-state index in [2.05, 4.69) is 0 Å². The van der Waals surface area contributed by atoms with E-state index in [1.807, 2.05) is 18.2 Å². The number of carbonyl (C=O) groups excluding carboxylic acids is 2. The van der Waals surface area contributed by atoms with Crippen molar-refractivity contribution in [3.05, 3.63) is 94.8 Å². The maximum Gasteiger partial charge on any atom is 0.312 e. The molecule has 2 heterocycles. The fourth-order valence-electron chi connectivity index (χ4n) is 3.57. The molecule has 2 aromatic carbocycles. The summed E-state index contributed by atoms with van der Waals surface area (Å²) in [6.07, 6.45) is 0.496. The quantitative estimate of drug-likeness (QED) is 0.707. The average Bonchev–Trinajstić information content (AvgIpc) is 3.29. The number of aromatic nitrogens is 1. The van der Waals surface area contributed by atoms with Gasteiger partial charge in [-0.15, -0.1) is 0 Å². The second-order valence-corrected chi connectivity index (χ2v) is 6.58. The summed E-state index contributed by atoms with van der Waals surface area (Å²) in [6, 6.07) is 18.9. The Balaban J connectivity index is 1.59. The fraction of sp³-hybridized carbons (Fsp3) is 0.136. The maximum atomic E-state index is 12.8. The third kappa shape index (κ3) is 2.97. The van der Waals surface area contributed by atoms with Crippen LogP contribution in [0.2, 0.25) is 0 Å². The summed E-state index contributed by atoms with van der Waals surface area (Å²) >= 11 is 0. The van der Waals surface area contributed by atoms with Gasteiger partial charge in [0.05, 0.1) is 11.6 Å². The van der Waals surface area contributed by atoms with Crippen molar-refractivity contribution < 1.29 is 19.5 Å². The normalized spacial score (nSPS) is 15.3. The first-order chi connectivity index (χ1) is 13.1. The highest BCUT2D eigenvalue weighted by Gasteiger charge is 2.31. The minimum absolute atomic E-state index is 0.0949. The highest BCUT2D eigenvalue weighted by molar-refractivity contribution is 6.11. The fourth-order valence-corrected chi connectivity index (χ4v) is 3.57. The molecule has 5 heteroatoms. The van der Waals surface area contributed by atoms with Gasteiger partial charge in [-0.25, -0.2) is 0 Å². The van der Waals surface area contributed by atoms with Crippen LogP contribution in [-0.2, 0) is 11.3 Å². The number of nitrogens with zero attached hydrogens (tertiary/aromatic N) is 1. The van der Waals surface area contributed by atoms with Crippen LogP contribution < -0.4 is 0 Å². The zero-order valence-corrected chi connectivity index (χ0v) is 14.5. The molecule has 0 spiro atoms. The van der Waals surface area contributed by atoms with Gasteiger partial charge in [0, 0.05) is 28.9 Å². The molecule has 1 aliphatic heterocycles. The third-order valence-corrected chi connectivity index (χ3v) is 4.99. The van der Waals surface area contributed by atoms with Gasteiger partial charge in [-0.2, -0.15) is 0 Å². The molecular formula is C22H17NO4. The number of carboxylic acids is 1. The molecule has 0 saturated heterocycles. The van der Waals surface area contributed by atoms with Gasteiger partial charge in [-0.1, -0.05) is 54.6 Å². The van der Waals surface area contributed by atoms with Gasteiger partial charge < -0.3 is 9.67 Å². The lowest BCUT2D eigenvalue weighted by molar-refractivity contribution is -0.138. The molecule has 1 N–H and O–H groups in total. The van der Waals surface area contributed by atoms with Crippen LogP contribution in [0.4, 0.5) is 0 Å². The first-order valence-electron chi connectivity index (χ1n) is 8.73.